The van der Waals surface area contributed by atoms with Gasteiger partial charge in [-0.1, -0.05) is 24.3 Å². The van der Waals surface area contributed by atoms with E-state index in [0.29, 0.717) is 12.4 Å². The molecule has 19 heavy (non-hydrogen) atoms. The molecule has 0 atom stereocenters. The van der Waals surface area contributed by atoms with E-state index in [0.717, 1.165) is 23.4 Å². The zero-order chi connectivity index (χ0) is 13.9. The van der Waals surface area contributed by atoms with E-state index in [1.165, 1.54) is 6.07 Å². The van der Waals surface area contributed by atoms with Crippen LogP contribution >= 0.6 is 0 Å². The first-order valence-electron chi connectivity index (χ1n) is 5.78. The van der Waals surface area contributed by atoms with Crippen molar-refractivity contribution in [1.82, 2.24) is 4.98 Å². The van der Waals surface area contributed by atoms with Gasteiger partial charge in [0.25, 0.3) is 0 Å². The number of hydrogen-bond acceptors (Lipinski definition) is 2. The van der Waals surface area contributed by atoms with Crippen LogP contribution in [-0.4, -0.2) is 4.98 Å². The number of aromatic nitrogens is 1. The highest BCUT2D eigenvalue weighted by Gasteiger charge is 2.30. The Morgan fingerprint density at radius 1 is 1.11 bits per heavy atom. The lowest BCUT2D eigenvalue weighted by Crippen LogP contribution is -2.07. The van der Waals surface area contributed by atoms with Crippen LogP contribution in [0.3, 0.4) is 0 Å². The van der Waals surface area contributed by atoms with Crippen molar-refractivity contribution >= 4 is 5.82 Å². The molecule has 0 bridgehead atoms. The number of hydrogen-bond donors (Lipinski definition) is 1. The highest BCUT2D eigenvalue weighted by atomic mass is 19.4. The fraction of sp³-hybridized carbons (Fsp3) is 0.214. The second-order valence-corrected chi connectivity index (χ2v) is 4.21. The minimum atomic E-state index is -4.35. The van der Waals surface area contributed by atoms with Crippen LogP contribution in [0, 0.1) is 6.92 Å². The minimum Gasteiger partial charge on any atom is -0.366 e. The van der Waals surface area contributed by atoms with Crippen LogP contribution in [0.1, 0.15) is 16.7 Å². The largest absolute Gasteiger partial charge is 0.417 e. The summed E-state index contributed by atoms with van der Waals surface area (Å²) < 4.78 is 37.1. The molecule has 2 aromatic rings. The predicted octanol–water partition coefficient (Wildman–Crippen LogP) is 4.02. The fourth-order valence-electron chi connectivity index (χ4n) is 1.66. The van der Waals surface area contributed by atoms with Gasteiger partial charge in [0, 0.05) is 12.7 Å². The van der Waals surface area contributed by atoms with E-state index in [9.17, 15) is 13.2 Å². The van der Waals surface area contributed by atoms with Crippen molar-refractivity contribution in [2.24, 2.45) is 0 Å². The monoisotopic (exact) mass is 266 g/mol. The molecule has 0 saturated heterocycles. The van der Waals surface area contributed by atoms with E-state index >= 15 is 0 Å². The highest BCUT2D eigenvalue weighted by Crippen LogP contribution is 2.28. The number of nitrogens with one attached hydrogen (secondary N) is 1. The summed E-state index contributed by atoms with van der Waals surface area (Å²) in [7, 11) is 0. The van der Waals surface area contributed by atoms with Gasteiger partial charge in [0.2, 0.25) is 0 Å². The van der Waals surface area contributed by atoms with Gasteiger partial charge in [-0.15, -0.1) is 0 Å². The smallest absolute Gasteiger partial charge is 0.366 e. The number of nitrogens with zero attached hydrogens (tertiary/aromatic N) is 1. The molecule has 1 heterocycles. The van der Waals surface area contributed by atoms with Gasteiger partial charge < -0.3 is 5.32 Å². The molecule has 1 aromatic heterocycles. The molecule has 0 spiro atoms. The summed E-state index contributed by atoms with van der Waals surface area (Å²) in [4.78, 5) is 3.76. The molecule has 0 unspecified atom stereocenters. The van der Waals surface area contributed by atoms with Gasteiger partial charge >= 0.3 is 6.18 Å². The standard InChI is InChI=1S/C14H13F3N2/c1-10-4-2-3-5-11(10)8-18-13-7-6-12(9-19-13)14(15,16)17/h2-7,9H,8H2,1H3,(H,18,19). The van der Waals surface area contributed by atoms with Crippen LogP contribution in [0.5, 0.6) is 0 Å². The van der Waals surface area contributed by atoms with Crippen molar-refractivity contribution in [2.45, 2.75) is 19.6 Å². The van der Waals surface area contributed by atoms with Gasteiger partial charge in [0.1, 0.15) is 5.82 Å². The maximum atomic E-state index is 12.4. The number of pyridine rings is 1. The SMILES string of the molecule is Cc1ccccc1CNc1ccc(C(F)(F)F)cn1. The van der Waals surface area contributed by atoms with Gasteiger partial charge in [-0.2, -0.15) is 13.2 Å². The molecule has 0 radical (unpaired) electrons. The van der Waals surface area contributed by atoms with E-state index in [1.807, 2.05) is 31.2 Å². The van der Waals surface area contributed by atoms with Gasteiger partial charge in [-0.25, -0.2) is 4.98 Å². The van der Waals surface area contributed by atoms with Gasteiger partial charge in [-0.05, 0) is 30.2 Å². The fourth-order valence-corrected chi connectivity index (χ4v) is 1.66. The van der Waals surface area contributed by atoms with E-state index in [-0.39, 0.29) is 0 Å². The molecule has 0 aliphatic carbocycles. The van der Waals surface area contributed by atoms with Gasteiger partial charge in [0.15, 0.2) is 0 Å². The Labute approximate surface area is 109 Å². The molecule has 2 rings (SSSR count). The second-order valence-electron chi connectivity index (χ2n) is 4.21. The Morgan fingerprint density at radius 2 is 1.84 bits per heavy atom. The summed E-state index contributed by atoms with van der Waals surface area (Å²) in [6.45, 7) is 2.52. The van der Waals surface area contributed by atoms with Crippen molar-refractivity contribution in [3.63, 3.8) is 0 Å². The normalized spacial score (nSPS) is 11.4. The first kappa shape index (κ1) is 13.4. The molecule has 2 nitrogen and oxygen atoms in total. The number of benzene rings is 1. The number of aryl methyl sites for hydroxylation is 1. The summed E-state index contributed by atoms with van der Waals surface area (Å²) in [6.07, 6.45) is -3.51. The van der Waals surface area contributed by atoms with E-state index < -0.39 is 11.7 Å². The first-order valence-corrected chi connectivity index (χ1v) is 5.78. The van der Waals surface area contributed by atoms with Crippen molar-refractivity contribution in [3.05, 3.63) is 59.3 Å². The minimum absolute atomic E-state index is 0.427. The molecule has 1 N–H and O–H groups in total. The van der Waals surface area contributed by atoms with Crippen LogP contribution in [0.2, 0.25) is 0 Å². The molecule has 0 aliphatic rings. The van der Waals surface area contributed by atoms with E-state index in [2.05, 4.69) is 10.3 Å². The van der Waals surface area contributed by atoms with Gasteiger partial charge in [0.05, 0.1) is 5.56 Å². The maximum absolute atomic E-state index is 12.4. The van der Waals surface area contributed by atoms with Crippen molar-refractivity contribution in [1.29, 1.82) is 0 Å². The Balaban J connectivity index is 2.03. The van der Waals surface area contributed by atoms with Crippen molar-refractivity contribution < 1.29 is 13.2 Å². The zero-order valence-electron chi connectivity index (χ0n) is 10.3. The molecule has 0 amide bonds. The average molecular weight is 266 g/mol. The van der Waals surface area contributed by atoms with Crippen molar-refractivity contribution in [2.75, 3.05) is 5.32 Å². The average Bonchev–Trinajstić information content (AvgIpc) is 2.37. The van der Waals surface area contributed by atoms with Gasteiger partial charge in [-0.3, -0.25) is 0 Å². The van der Waals surface area contributed by atoms with Crippen LogP contribution in [0.15, 0.2) is 42.6 Å². The number of alkyl halides is 3. The van der Waals surface area contributed by atoms with Crippen LogP contribution in [-0.2, 0) is 12.7 Å². The molecular weight excluding hydrogens is 253 g/mol. The maximum Gasteiger partial charge on any atom is 0.417 e. The lowest BCUT2D eigenvalue weighted by atomic mass is 10.1. The summed E-state index contributed by atoms with van der Waals surface area (Å²) in [5.74, 6) is 0.427. The molecule has 1 aromatic carbocycles. The quantitative estimate of drug-likeness (QED) is 0.907. The van der Waals surface area contributed by atoms with E-state index in [1.54, 1.807) is 0 Å². The van der Waals surface area contributed by atoms with Crippen LogP contribution in [0.4, 0.5) is 19.0 Å². The highest BCUT2D eigenvalue weighted by molar-refractivity contribution is 5.38. The Kier molecular flexibility index (Phi) is 3.74. The summed E-state index contributed by atoms with van der Waals surface area (Å²) in [6, 6.07) is 10.2. The first-order chi connectivity index (χ1) is 8.97. The van der Waals surface area contributed by atoms with E-state index in [4.69, 9.17) is 0 Å². The number of anilines is 1. The molecular formula is C14H13F3N2. The molecule has 0 fully saturated rings. The summed E-state index contributed by atoms with van der Waals surface area (Å²) in [5.41, 5.74) is 1.47. The number of rotatable bonds is 3. The van der Waals surface area contributed by atoms with Crippen LogP contribution < -0.4 is 5.32 Å². The lowest BCUT2D eigenvalue weighted by molar-refractivity contribution is -0.137. The number of halogens is 3. The second kappa shape index (κ2) is 5.30. The molecule has 5 heteroatoms. The Bertz CT molecular complexity index is 547. The lowest BCUT2D eigenvalue weighted by Gasteiger charge is -2.10. The summed E-state index contributed by atoms with van der Waals surface area (Å²) >= 11 is 0. The third-order valence-corrected chi connectivity index (χ3v) is 2.81. The third-order valence-electron chi connectivity index (χ3n) is 2.81. The molecule has 100 valence electrons. The molecule has 0 saturated carbocycles. The van der Waals surface area contributed by atoms with Crippen molar-refractivity contribution in [3.8, 4) is 0 Å². The molecule has 0 aliphatic heterocycles. The zero-order valence-corrected chi connectivity index (χ0v) is 10.3. The topological polar surface area (TPSA) is 24.9 Å². The summed E-state index contributed by atoms with van der Waals surface area (Å²) in [5, 5.41) is 3.00. The predicted molar refractivity (Wildman–Crippen MR) is 67.7 cm³/mol. The Hall–Kier alpha value is -2.04. The third kappa shape index (κ3) is 3.47. The van der Waals surface area contributed by atoms with Crippen LogP contribution in [0.25, 0.3) is 0 Å². The Morgan fingerprint density at radius 3 is 2.42 bits per heavy atom.